The monoisotopic (exact) mass is 391 g/mol. The second kappa shape index (κ2) is 8.79. The Hall–Kier alpha value is -1.70. The summed E-state index contributed by atoms with van der Waals surface area (Å²) in [5.74, 6) is 0.262. The summed E-state index contributed by atoms with van der Waals surface area (Å²) in [6, 6.07) is 6.01. The summed E-state index contributed by atoms with van der Waals surface area (Å²) in [5.41, 5.74) is 1.29. The molecule has 1 aliphatic rings. The van der Waals surface area contributed by atoms with Crippen molar-refractivity contribution >= 4 is 34.6 Å². The highest BCUT2D eigenvalue weighted by Gasteiger charge is 2.31. The third kappa shape index (κ3) is 4.72. The van der Waals surface area contributed by atoms with Gasteiger partial charge in [0.2, 0.25) is 5.91 Å². The van der Waals surface area contributed by atoms with E-state index in [0.717, 1.165) is 19.4 Å². The van der Waals surface area contributed by atoms with E-state index in [1.807, 2.05) is 6.07 Å². The lowest BCUT2D eigenvalue weighted by molar-refractivity contribution is -0.121. The highest BCUT2D eigenvalue weighted by atomic mass is 32.1. The summed E-state index contributed by atoms with van der Waals surface area (Å²) in [5, 5.41) is 9.39. The lowest BCUT2D eigenvalue weighted by Gasteiger charge is -2.34. The number of fused-ring (bicyclic) bond motifs is 1. The number of carbonyl (C=O) groups is 2. The number of imide groups is 1. The van der Waals surface area contributed by atoms with Gasteiger partial charge in [-0.25, -0.2) is 4.79 Å². The number of hydrogen-bond donors (Lipinski definition) is 2. The molecule has 0 aromatic carbocycles. The van der Waals surface area contributed by atoms with E-state index in [2.05, 4.69) is 52.3 Å². The molecular formula is C19H25N3O2S2. The van der Waals surface area contributed by atoms with Crippen LogP contribution in [0.25, 0.3) is 0 Å². The maximum atomic E-state index is 12.4. The Morgan fingerprint density at radius 1 is 1.27 bits per heavy atom. The minimum atomic E-state index is -0.406. The maximum absolute atomic E-state index is 12.4. The van der Waals surface area contributed by atoms with E-state index >= 15 is 0 Å². The van der Waals surface area contributed by atoms with Crippen LogP contribution < -0.4 is 10.6 Å². The van der Waals surface area contributed by atoms with Gasteiger partial charge in [-0.05, 0) is 47.2 Å². The number of nitrogens with zero attached hydrogens (tertiary/aromatic N) is 1. The first-order valence-electron chi connectivity index (χ1n) is 8.96. The Kier molecular flexibility index (Phi) is 6.45. The van der Waals surface area contributed by atoms with Gasteiger partial charge in [0.25, 0.3) is 0 Å². The van der Waals surface area contributed by atoms with Crippen LogP contribution in [0.15, 0.2) is 29.0 Å². The number of nitrogens with one attached hydrogen (secondary N) is 2. The van der Waals surface area contributed by atoms with Crippen LogP contribution in [0, 0.1) is 5.92 Å². The number of carbonyl (C=O) groups excluding carboxylic acids is 2. The topological polar surface area (TPSA) is 61.4 Å². The molecule has 0 aliphatic carbocycles. The molecule has 7 heteroatoms. The van der Waals surface area contributed by atoms with Crippen molar-refractivity contribution in [2.75, 3.05) is 19.6 Å². The molecular weight excluding hydrogens is 366 g/mol. The van der Waals surface area contributed by atoms with Crippen molar-refractivity contribution in [1.29, 1.82) is 0 Å². The van der Waals surface area contributed by atoms with Crippen molar-refractivity contribution < 1.29 is 9.59 Å². The molecule has 3 rings (SSSR count). The predicted molar refractivity (Wildman–Crippen MR) is 107 cm³/mol. The van der Waals surface area contributed by atoms with E-state index < -0.39 is 6.03 Å². The zero-order valence-corrected chi connectivity index (χ0v) is 16.8. The first kappa shape index (κ1) is 19.1. The summed E-state index contributed by atoms with van der Waals surface area (Å²) in [6.07, 6.45) is 1.85. The SMILES string of the molecule is CC(C)CCNC(=O)NC(=O)CN1CCc2sccc2[C@@H]1c1cccs1. The Balaban J connectivity index is 1.61. The largest absolute Gasteiger partial charge is 0.338 e. The number of rotatable bonds is 6. The molecule has 5 nitrogen and oxygen atoms in total. The highest BCUT2D eigenvalue weighted by Crippen LogP contribution is 2.39. The first-order chi connectivity index (χ1) is 12.5. The van der Waals surface area contributed by atoms with Gasteiger partial charge >= 0.3 is 6.03 Å². The molecule has 2 N–H and O–H groups in total. The first-order valence-corrected chi connectivity index (χ1v) is 10.7. The molecule has 0 unspecified atom stereocenters. The summed E-state index contributed by atoms with van der Waals surface area (Å²) >= 11 is 3.49. The zero-order chi connectivity index (χ0) is 18.5. The molecule has 140 valence electrons. The van der Waals surface area contributed by atoms with Gasteiger partial charge in [-0.15, -0.1) is 22.7 Å². The minimum Gasteiger partial charge on any atom is -0.338 e. The van der Waals surface area contributed by atoms with E-state index in [4.69, 9.17) is 0 Å². The van der Waals surface area contributed by atoms with Crippen LogP contribution in [0.5, 0.6) is 0 Å². The fraction of sp³-hybridized carbons (Fsp3) is 0.474. The van der Waals surface area contributed by atoms with E-state index in [0.29, 0.717) is 12.5 Å². The molecule has 0 saturated heterocycles. The van der Waals surface area contributed by atoms with Gasteiger partial charge in [0, 0.05) is 22.8 Å². The second-order valence-electron chi connectivity index (χ2n) is 6.92. The maximum Gasteiger partial charge on any atom is 0.321 e. The van der Waals surface area contributed by atoms with Crippen LogP contribution in [0.2, 0.25) is 0 Å². The van der Waals surface area contributed by atoms with E-state index in [1.165, 1.54) is 15.3 Å². The van der Waals surface area contributed by atoms with Gasteiger partial charge < -0.3 is 5.32 Å². The van der Waals surface area contributed by atoms with Crippen LogP contribution in [0.4, 0.5) is 4.79 Å². The van der Waals surface area contributed by atoms with Crippen molar-refractivity contribution in [3.8, 4) is 0 Å². The molecule has 0 bridgehead atoms. The Morgan fingerprint density at radius 3 is 2.85 bits per heavy atom. The average Bonchev–Trinajstić information content (AvgIpc) is 3.25. The Labute approximate surface area is 162 Å². The third-order valence-electron chi connectivity index (χ3n) is 4.49. The normalized spacial score (nSPS) is 17.1. The van der Waals surface area contributed by atoms with Crippen molar-refractivity contribution in [3.63, 3.8) is 0 Å². The predicted octanol–water partition coefficient (Wildman–Crippen LogP) is 3.63. The molecule has 2 aromatic rings. The smallest absolute Gasteiger partial charge is 0.321 e. The number of urea groups is 1. The van der Waals surface area contributed by atoms with Gasteiger partial charge in [0.15, 0.2) is 0 Å². The summed E-state index contributed by atoms with van der Waals surface area (Å²) < 4.78 is 0. The zero-order valence-electron chi connectivity index (χ0n) is 15.2. The van der Waals surface area contributed by atoms with E-state index in [9.17, 15) is 9.59 Å². The highest BCUT2D eigenvalue weighted by molar-refractivity contribution is 7.10. The molecule has 0 saturated carbocycles. The molecule has 26 heavy (non-hydrogen) atoms. The number of hydrogen-bond acceptors (Lipinski definition) is 5. The quantitative estimate of drug-likeness (QED) is 0.790. The van der Waals surface area contributed by atoms with Gasteiger partial charge in [-0.3, -0.25) is 15.0 Å². The number of thiophene rings is 2. The minimum absolute atomic E-state index is 0.0970. The summed E-state index contributed by atoms with van der Waals surface area (Å²) in [4.78, 5) is 29.1. The second-order valence-corrected chi connectivity index (χ2v) is 8.90. The molecule has 2 aromatic heterocycles. The van der Waals surface area contributed by atoms with Gasteiger partial charge in [0.1, 0.15) is 0 Å². The molecule has 3 heterocycles. The van der Waals surface area contributed by atoms with Crippen molar-refractivity contribution in [2.24, 2.45) is 5.92 Å². The van der Waals surface area contributed by atoms with Gasteiger partial charge in [0.05, 0.1) is 12.6 Å². The number of amides is 3. The summed E-state index contributed by atoms with van der Waals surface area (Å²) in [7, 11) is 0. The molecule has 1 aliphatic heterocycles. The van der Waals surface area contributed by atoms with Crippen LogP contribution in [-0.4, -0.2) is 36.5 Å². The average molecular weight is 392 g/mol. The lowest BCUT2D eigenvalue weighted by Crippen LogP contribution is -2.47. The molecule has 0 radical (unpaired) electrons. The van der Waals surface area contributed by atoms with Crippen LogP contribution in [0.1, 0.15) is 41.6 Å². The van der Waals surface area contributed by atoms with Crippen LogP contribution >= 0.6 is 22.7 Å². The van der Waals surface area contributed by atoms with E-state index in [1.54, 1.807) is 22.7 Å². The standard InChI is InChI=1S/C19H25N3O2S2/c1-13(2)5-8-20-19(24)21-17(23)12-22-9-6-15-14(7-11-26-15)18(22)16-4-3-10-25-16/h3-4,7,10-11,13,18H,5-6,8-9,12H2,1-2H3,(H2,20,21,23,24)/t18-/m1/s1. The van der Waals surface area contributed by atoms with Crippen LogP contribution in [0.3, 0.4) is 0 Å². The molecule has 3 amide bonds. The summed E-state index contributed by atoms with van der Waals surface area (Å²) in [6.45, 7) is 5.82. The lowest BCUT2D eigenvalue weighted by atomic mass is 9.98. The van der Waals surface area contributed by atoms with Crippen molar-refractivity contribution in [1.82, 2.24) is 15.5 Å². The van der Waals surface area contributed by atoms with Crippen molar-refractivity contribution in [2.45, 2.75) is 32.7 Å². The fourth-order valence-electron chi connectivity index (χ4n) is 3.19. The fourth-order valence-corrected chi connectivity index (χ4v) is 4.97. The molecule has 0 spiro atoms. The Bertz CT molecular complexity index is 740. The van der Waals surface area contributed by atoms with E-state index in [-0.39, 0.29) is 18.5 Å². The third-order valence-corrected chi connectivity index (χ3v) is 6.41. The Morgan fingerprint density at radius 2 is 2.12 bits per heavy atom. The van der Waals surface area contributed by atoms with Gasteiger partial charge in [-0.1, -0.05) is 19.9 Å². The van der Waals surface area contributed by atoms with Crippen LogP contribution in [-0.2, 0) is 11.2 Å². The van der Waals surface area contributed by atoms with Crippen molar-refractivity contribution in [3.05, 3.63) is 44.3 Å². The molecule has 1 atom stereocenters. The molecule has 0 fully saturated rings. The van der Waals surface area contributed by atoms with Gasteiger partial charge in [-0.2, -0.15) is 0 Å².